The smallest absolute Gasteiger partial charge is 0.242 e. The van der Waals surface area contributed by atoms with E-state index in [4.69, 9.17) is 5.73 Å². The Bertz CT molecular complexity index is 351. The van der Waals surface area contributed by atoms with Gasteiger partial charge in [-0.3, -0.25) is 9.69 Å². The molecule has 0 bridgehead atoms. The van der Waals surface area contributed by atoms with Gasteiger partial charge in [0, 0.05) is 32.2 Å². The highest BCUT2D eigenvalue weighted by atomic mass is 16.2. The van der Waals surface area contributed by atoms with Gasteiger partial charge in [0.05, 0.1) is 0 Å². The molecule has 142 valence electrons. The molecule has 1 rings (SSSR count). The number of hydrogen-bond donors (Lipinski definition) is 3. The van der Waals surface area contributed by atoms with E-state index in [2.05, 4.69) is 43.2 Å². The zero-order valence-electron chi connectivity index (χ0n) is 16.4. The van der Waals surface area contributed by atoms with E-state index in [0.717, 1.165) is 26.1 Å². The van der Waals surface area contributed by atoms with Crippen molar-refractivity contribution < 1.29 is 4.79 Å². The third-order valence-corrected chi connectivity index (χ3v) is 4.53. The number of nitrogens with zero attached hydrogens (tertiary/aromatic N) is 1. The number of unbranched alkanes of at least 4 members (excludes halogenated alkanes) is 5. The molecule has 1 aliphatic heterocycles. The standard InChI is InChI=1S/C19H40N4O/c1-16(2)13-23-14-19(20,15-23)18(24)22-12-10-8-6-5-7-9-11-21-17(3)4/h16-17,21H,5-15,20H2,1-4H3,(H,22,24). The molecule has 4 N–H and O–H groups in total. The van der Waals surface area contributed by atoms with Crippen molar-refractivity contribution in [2.45, 2.75) is 77.8 Å². The summed E-state index contributed by atoms with van der Waals surface area (Å²) >= 11 is 0. The predicted octanol–water partition coefficient (Wildman–Crippen LogP) is 2.11. The summed E-state index contributed by atoms with van der Waals surface area (Å²) in [7, 11) is 0. The highest BCUT2D eigenvalue weighted by Crippen LogP contribution is 2.19. The first-order valence-corrected chi connectivity index (χ1v) is 9.86. The minimum absolute atomic E-state index is 0.0299. The monoisotopic (exact) mass is 340 g/mol. The second-order valence-corrected chi connectivity index (χ2v) is 8.21. The zero-order chi connectivity index (χ0) is 18.0. The Kier molecular flexibility index (Phi) is 9.86. The Morgan fingerprint density at radius 3 is 2.08 bits per heavy atom. The van der Waals surface area contributed by atoms with Gasteiger partial charge >= 0.3 is 0 Å². The Balaban J connectivity index is 1.93. The molecule has 1 fully saturated rings. The van der Waals surface area contributed by atoms with Crippen molar-refractivity contribution in [3.63, 3.8) is 0 Å². The van der Waals surface area contributed by atoms with E-state index in [1.54, 1.807) is 0 Å². The Morgan fingerprint density at radius 2 is 1.54 bits per heavy atom. The van der Waals surface area contributed by atoms with Gasteiger partial charge in [0.15, 0.2) is 0 Å². The molecule has 5 heteroatoms. The molecule has 0 spiro atoms. The molecule has 0 aliphatic carbocycles. The van der Waals surface area contributed by atoms with Crippen molar-refractivity contribution in [2.75, 3.05) is 32.7 Å². The number of nitrogens with one attached hydrogen (secondary N) is 2. The first-order valence-electron chi connectivity index (χ1n) is 9.86. The van der Waals surface area contributed by atoms with Gasteiger partial charge in [-0.05, 0) is 25.3 Å². The molecule has 0 atom stereocenters. The summed E-state index contributed by atoms with van der Waals surface area (Å²) < 4.78 is 0. The Hall–Kier alpha value is -0.650. The number of rotatable bonds is 13. The third-order valence-electron chi connectivity index (χ3n) is 4.53. The maximum Gasteiger partial charge on any atom is 0.242 e. The fraction of sp³-hybridized carbons (Fsp3) is 0.947. The Labute approximate surface area is 149 Å². The minimum atomic E-state index is -0.654. The van der Waals surface area contributed by atoms with E-state index >= 15 is 0 Å². The number of carbonyl (C=O) groups excluding carboxylic acids is 1. The lowest BCUT2D eigenvalue weighted by molar-refractivity contribution is -0.132. The zero-order valence-corrected chi connectivity index (χ0v) is 16.4. The number of carbonyl (C=O) groups is 1. The summed E-state index contributed by atoms with van der Waals surface area (Å²) in [5.74, 6) is 0.654. The average molecular weight is 341 g/mol. The molecule has 24 heavy (non-hydrogen) atoms. The van der Waals surface area contributed by atoms with Gasteiger partial charge in [-0.1, -0.05) is 53.4 Å². The molecule has 1 heterocycles. The van der Waals surface area contributed by atoms with Gasteiger partial charge in [0.25, 0.3) is 0 Å². The molecule has 1 saturated heterocycles. The van der Waals surface area contributed by atoms with Crippen LogP contribution in [0, 0.1) is 5.92 Å². The van der Waals surface area contributed by atoms with Crippen LogP contribution in [0.5, 0.6) is 0 Å². The average Bonchev–Trinajstić information content (AvgIpc) is 2.46. The molecule has 0 aromatic heterocycles. The number of hydrogen-bond acceptors (Lipinski definition) is 4. The van der Waals surface area contributed by atoms with Gasteiger partial charge in [-0.15, -0.1) is 0 Å². The van der Waals surface area contributed by atoms with Crippen LogP contribution in [0.15, 0.2) is 0 Å². The van der Waals surface area contributed by atoms with E-state index in [-0.39, 0.29) is 5.91 Å². The second kappa shape index (κ2) is 11.1. The van der Waals surface area contributed by atoms with Gasteiger partial charge in [-0.25, -0.2) is 0 Å². The normalized spacial score (nSPS) is 17.3. The number of nitrogens with two attached hydrogens (primary N) is 1. The summed E-state index contributed by atoms with van der Waals surface area (Å²) in [5, 5.41) is 6.47. The molecule has 0 radical (unpaired) electrons. The maximum absolute atomic E-state index is 12.2. The topological polar surface area (TPSA) is 70.4 Å². The lowest BCUT2D eigenvalue weighted by atomic mass is 9.89. The second-order valence-electron chi connectivity index (χ2n) is 8.21. The van der Waals surface area contributed by atoms with Crippen LogP contribution in [0.1, 0.15) is 66.2 Å². The fourth-order valence-electron chi connectivity index (χ4n) is 3.27. The van der Waals surface area contributed by atoms with Crippen LogP contribution in [-0.4, -0.2) is 55.1 Å². The van der Waals surface area contributed by atoms with Crippen LogP contribution in [0.4, 0.5) is 0 Å². The van der Waals surface area contributed by atoms with Crippen LogP contribution >= 0.6 is 0 Å². The molecule has 5 nitrogen and oxygen atoms in total. The van der Waals surface area contributed by atoms with Crippen molar-refractivity contribution in [3.8, 4) is 0 Å². The largest absolute Gasteiger partial charge is 0.354 e. The van der Waals surface area contributed by atoms with E-state index in [1.165, 1.54) is 32.1 Å². The summed E-state index contributed by atoms with van der Waals surface area (Å²) in [5.41, 5.74) is 5.53. The van der Waals surface area contributed by atoms with Gasteiger partial charge in [0.2, 0.25) is 5.91 Å². The molecule has 0 aromatic carbocycles. The summed E-state index contributed by atoms with van der Waals surface area (Å²) in [6.45, 7) is 13.1. The van der Waals surface area contributed by atoms with Crippen molar-refractivity contribution in [1.82, 2.24) is 15.5 Å². The first-order chi connectivity index (χ1) is 11.3. The van der Waals surface area contributed by atoms with Crippen LogP contribution in [0.3, 0.4) is 0 Å². The van der Waals surface area contributed by atoms with Crippen molar-refractivity contribution >= 4 is 5.91 Å². The van der Waals surface area contributed by atoms with E-state index in [9.17, 15) is 4.79 Å². The van der Waals surface area contributed by atoms with Crippen LogP contribution in [-0.2, 0) is 4.79 Å². The van der Waals surface area contributed by atoms with Gasteiger partial charge in [-0.2, -0.15) is 0 Å². The first kappa shape index (κ1) is 21.4. The van der Waals surface area contributed by atoms with Crippen molar-refractivity contribution in [1.29, 1.82) is 0 Å². The third kappa shape index (κ3) is 8.45. The molecule has 0 unspecified atom stereocenters. The highest BCUT2D eigenvalue weighted by Gasteiger charge is 2.45. The van der Waals surface area contributed by atoms with Crippen LogP contribution < -0.4 is 16.4 Å². The number of likely N-dealkylation sites (tertiary alicyclic amines) is 1. The summed E-state index contributed by atoms with van der Waals surface area (Å²) in [4.78, 5) is 14.4. The minimum Gasteiger partial charge on any atom is -0.354 e. The van der Waals surface area contributed by atoms with E-state index < -0.39 is 5.54 Å². The van der Waals surface area contributed by atoms with E-state index in [0.29, 0.717) is 25.0 Å². The molecule has 0 saturated carbocycles. The predicted molar refractivity (Wildman–Crippen MR) is 102 cm³/mol. The quantitative estimate of drug-likeness (QED) is 0.449. The van der Waals surface area contributed by atoms with Crippen LogP contribution in [0.2, 0.25) is 0 Å². The Morgan fingerprint density at radius 1 is 1.00 bits per heavy atom. The molecular weight excluding hydrogens is 300 g/mol. The van der Waals surface area contributed by atoms with E-state index in [1.807, 2.05) is 0 Å². The molecule has 1 amide bonds. The molecule has 1 aliphatic rings. The highest BCUT2D eigenvalue weighted by molar-refractivity contribution is 5.87. The maximum atomic E-state index is 12.2. The fourth-order valence-corrected chi connectivity index (χ4v) is 3.27. The lowest BCUT2D eigenvalue weighted by Gasteiger charge is -2.46. The number of amides is 1. The molecular formula is C19H40N4O. The SMILES string of the molecule is CC(C)CN1CC(N)(C(=O)NCCCCCCCCNC(C)C)C1. The molecule has 0 aromatic rings. The van der Waals surface area contributed by atoms with Crippen molar-refractivity contribution in [3.05, 3.63) is 0 Å². The summed E-state index contributed by atoms with van der Waals surface area (Å²) in [6, 6.07) is 0.590. The lowest BCUT2D eigenvalue weighted by Crippen LogP contribution is -2.74. The summed E-state index contributed by atoms with van der Waals surface area (Å²) in [6.07, 6.45) is 7.35. The van der Waals surface area contributed by atoms with Crippen LogP contribution in [0.25, 0.3) is 0 Å². The van der Waals surface area contributed by atoms with Gasteiger partial charge in [0.1, 0.15) is 5.54 Å². The van der Waals surface area contributed by atoms with Crippen molar-refractivity contribution in [2.24, 2.45) is 11.7 Å². The van der Waals surface area contributed by atoms with Gasteiger partial charge < -0.3 is 16.4 Å².